The molecule has 0 saturated carbocycles. The van der Waals surface area contributed by atoms with Crippen molar-refractivity contribution in [1.29, 1.82) is 0 Å². The SMILES string of the molecule is O=C(CCn1cnc([N+](=O)[O-])c1)NCCC(O)C(=O)O. The van der Waals surface area contributed by atoms with Gasteiger partial charge in [-0.25, -0.2) is 4.79 Å². The third-order valence-electron chi connectivity index (χ3n) is 2.43. The van der Waals surface area contributed by atoms with Gasteiger partial charge in [-0.15, -0.1) is 0 Å². The number of aliphatic hydroxyl groups is 1. The molecule has 10 nitrogen and oxygen atoms in total. The summed E-state index contributed by atoms with van der Waals surface area (Å²) in [4.78, 5) is 35.0. The van der Waals surface area contributed by atoms with Crippen LogP contribution in [0.25, 0.3) is 0 Å². The Hall–Kier alpha value is -2.49. The summed E-state index contributed by atoms with van der Waals surface area (Å²) in [5.74, 6) is -1.99. The van der Waals surface area contributed by atoms with Gasteiger partial charge in [0.1, 0.15) is 6.20 Å². The van der Waals surface area contributed by atoms with Gasteiger partial charge in [-0.05, 0) is 9.91 Å². The molecule has 20 heavy (non-hydrogen) atoms. The molecule has 0 bridgehead atoms. The monoisotopic (exact) mass is 286 g/mol. The van der Waals surface area contributed by atoms with Crippen LogP contribution < -0.4 is 5.32 Å². The predicted octanol–water partition coefficient (Wildman–Crippen LogP) is -0.867. The number of nitrogens with one attached hydrogen (secondary N) is 1. The van der Waals surface area contributed by atoms with E-state index >= 15 is 0 Å². The lowest BCUT2D eigenvalue weighted by molar-refractivity contribution is -0.389. The summed E-state index contributed by atoms with van der Waals surface area (Å²) in [7, 11) is 0. The first kappa shape index (κ1) is 15.6. The third kappa shape index (κ3) is 5.02. The summed E-state index contributed by atoms with van der Waals surface area (Å²) in [5, 5.41) is 30.2. The number of aliphatic hydroxyl groups excluding tert-OH is 1. The van der Waals surface area contributed by atoms with Crippen molar-refractivity contribution in [1.82, 2.24) is 14.9 Å². The average molecular weight is 286 g/mol. The Balaban J connectivity index is 2.25. The number of amides is 1. The van der Waals surface area contributed by atoms with Crippen LogP contribution in [0.5, 0.6) is 0 Å². The summed E-state index contributed by atoms with van der Waals surface area (Å²) in [5.41, 5.74) is 0. The van der Waals surface area contributed by atoms with Gasteiger partial charge in [0.2, 0.25) is 12.2 Å². The van der Waals surface area contributed by atoms with Crippen molar-refractivity contribution in [3.63, 3.8) is 0 Å². The molecule has 0 aliphatic heterocycles. The number of carbonyl (C=O) groups excluding carboxylic acids is 1. The van der Waals surface area contributed by atoms with Gasteiger partial charge in [-0.2, -0.15) is 0 Å². The van der Waals surface area contributed by atoms with E-state index in [-0.39, 0.29) is 37.7 Å². The van der Waals surface area contributed by atoms with Crippen molar-refractivity contribution in [3.05, 3.63) is 22.6 Å². The lowest BCUT2D eigenvalue weighted by atomic mass is 10.2. The molecule has 1 rings (SSSR count). The van der Waals surface area contributed by atoms with Gasteiger partial charge in [0.05, 0.1) is 0 Å². The summed E-state index contributed by atoms with van der Waals surface area (Å²) in [6.45, 7) is 0.254. The zero-order valence-electron chi connectivity index (χ0n) is 10.4. The quantitative estimate of drug-likeness (QED) is 0.415. The number of carboxylic acid groups (broad SMARTS) is 1. The van der Waals surface area contributed by atoms with Crippen LogP contribution in [0.2, 0.25) is 0 Å². The molecule has 1 amide bonds. The first-order chi connectivity index (χ1) is 9.40. The van der Waals surface area contributed by atoms with E-state index in [1.165, 1.54) is 17.1 Å². The number of aliphatic carboxylic acids is 1. The highest BCUT2D eigenvalue weighted by molar-refractivity contribution is 5.76. The first-order valence-electron chi connectivity index (χ1n) is 5.74. The van der Waals surface area contributed by atoms with Crippen LogP contribution >= 0.6 is 0 Å². The normalized spacial score (nSPS) is 11.8. The summed E-state index contributed by atoms with van der Waals surface area (Å²) >= 11 is 0. The smallest absolute Gasteiger partial charge is 0.381 e. The fraction of sp³-hybridized carbons (Fsp3) is 0.500. The zero-order chi connectivity index (χ0) is 15.1. The number of hydrogen-bond acceptors (Lipinski definition) is 6. The van der Waals surface area contributed by atoms with Crippen molar-refractivity contribution in [2.24, 2.45) is 0 Å². The molecule has 1 heterocycles. The Morgan fingerprint density at radius 2 is 2.25 bits per heavy atom. The Bertz CT molecular complexity index is 500. The predicted molar refractivity (Wildman–Crippen MR) is 64.8 cm³/mol. The molecule has 0 aliphatic carbocycles. The second kappa shape index (κ2) is 7.19. The Kier molecular flexibility index (Phi) is 5.59. The van der Waals surface area contributed by atoms with Crippen LogP contribution in [0, 0.1) is 10.1 Å². The summed E-state index contributed by atoms with van der Waals surface area (Å²) < 4.78 is 1.41. The van der Waals surface area contributed by atoms with E-state index in [0.29, 0.717) is 0 Å². The fourth-order valence-electron chi connectivity index (χ4n) is 1.36. The number of rotatable bonds is 8. The Morgan fingerprint density at radius 1 is 1.55 bits per heavy atom. The van der Waals surface area contributed by atoms with E-state index < -0.39 is 17.0 Å². The van der Waals surface area contributed by atoms with Gasteiger partial charge >= 0.3 is 11.8 Å². The highest BCUT2D eigenvalue weighted by Crippen LogP contribution is 2.05. The van der Waals surface area contributed by atoms with E-state index in [1.54, 1.807) is 0 Å². The molecule has 0 aliphatic rings. The molecule has 0 radical (unpaired) electrons. The molecule has 1 unspecified atom stereocenters. The third-order valence-corrected chi connectivity index (χ3v) is 2.43. The summed E-state index contributed by atoms with van der Waals surface area (Å²) in [6.07, 6.45) is 0.932. The molecule has 1 aromatic heterocycles. The van der Waals surface area contributed by atoms with Crippen LogP contribution in [0.1, 0.15) is 12.8 Å². The molecule has 1 aromatic rings. The maximum Gasteiger partial charge on any atom is 0.381 e. The molecule has 0 fully saturated rings. The van der Waals surface area contributed by atoms with E-state index in [9.17, 15) is 19.7 Å². The largest absolute Gasteiger partial charge is 0.479 e. The van der Waals surface area contributed by atoms with E-state index in [1.807, 2.05) is 0 Å². The lowest BCUT2D eigenvalue weighted by Gasteiger charge is -2.07. The van der Waals surface area contributed by atoms with Crippen molar-refractivity contribution >= 4 is 17.7 Å². The molecular weight excluding hydrogens is 272 g/mol. The number of nitrogens with zero attached hydrogens (tertiary/aromatic N) is 3. The number of aromatic nitrogens is 2. The second-order valence-electron chi connectivity index (χ2n) is 3.97. The fourth-order valence-corrected chi connectivity index (χ4v) is 1.36. The zero-order valence-corrected chi connectivity index (χ0v) is 10.4. The van der Waals surface area contributed by atoms with Crippen LogP contribution in [-0.2, 0) is 16.1 Å². The Labute approximate surface area is 113 Å². The number of carboxylic acids is 1. The topological polar surface area (TPSA) is 148 Å². The molecule has 0 saturated heterocycles. The van der Waals surface area contributed by atoms with Gasteiger partial charge < -0.3 is 30.2 Å². The summed E-state index contributed by atoms with van der Waals surface area (Å²) in [6, 6.07) is 0. The number of carbonyl (C=O) groups is 2. The minimum Gasteiger partial charge on any atom is -0.479 e. The number of nitro groups is 1. The number of hydrogen-bond donors (Lipinski definition) is 3. The highest BCUT2D eigenvalue weighted by atomic mass is 16.6. The van der Waals surface area contributed by atoms with Crippen molar-refractivity contribution < 1.29 is 24.7 Å². The second-order valence-corrected chi connectivity index (χ2v) is 3.97. The van der Waals surface area contributed by atoms with Crippen LogP contribution in [0.3, 0.4) is 0 Å². The molecular formula is C10H14N4O6. The van der Waals surface area contributed by atoms with Crippen LogP contribution in [0.4, 0.5) is 5.82 Å². The molecule has 110 valence electrons. The molecule has 1 atom stereocenters. The van der Waals surface area contributed by atoms with Gasteiger partial charge in [-0.3, -0.25) is 4.79 Å². The van der Waals surface area contributed by atoms with Crippen LogP contribution in [0.15, 0.2) is 12.5 Å². The average Bonchev–Trinajstić information content (AvgIpc) is 2.85. The first-order valence-corrected chi connectivity index (χ1v) is 5.74. The van der Waals surface area contributed by atoms with E-state index in [0.717, 1.165) is 0 Å². The number of imidazole rings is 1. The minimum absolute atomic E-state index is 0.0381. The van der Waals surface area contributed by atoms with Crippen LogP contribution in [-0.4, -0.2) is 49.2 Å². The molecule has 0 spiro atoms. The molecule has 0 aromatic carbocycles. The standard InChI is InChI=1S/C10H14N4O6/c15-7(10(17)18)1-3-11-9(16)2-4-13-5-8(12-6-13)14(19)20/h5-7,15H,1-4H2,(H,11,16)(H,17,18). The van der Waals surface area contributed by atoms with Crippen molar-refractivity contribution in [2.75, 3.05) is 6.54 Å². The Morgan fingerprint density at radius 3 is 2.80 bits per heavy atom. The minimum atomic E-state index is -1.51. The number of aryl methyl sites for hydroxylation is 1. The maximum absolute atomic E-state index is 11.4. The molecule has 3 N–H and O–H groups in total. The molecule has 10 heteroatoms. The highest BCUT2D eigenvalue weighted by Gasteiger charge is 2.13. The van der Waals surface area contributed by atoms with Gasteiger partial charge in [0, 0.05) is 25.9 Å². The van der Waals surface area contributed by atoms with E-state index in [2.05, 4.69) is 10.3 Å². The lowest BCUT2D eigenvalue weighted by Crippen LogP contribution is -2.30. The van der Waals surface area contributed by atoms with Crippen molar-refractivity contribution in [2.45, 2.75) is 25.5 Å². The van der Waals surface area contributed by atoms with Gasteiger partial charge in [0.15, 0.2) is 6.10 Å². The van der Waals surface area contributed by atoms with Gasteiger partial charge in [-0.1, -0.05) is 0 Å². The maximum atomic E-state index is 11.4. The van der Waals surface area contributed by atoms with E-state index in [4.69, 9.17) is 10.2 Å². The van der Waals surface area contributed by atoms with Gasteiger partial charge in [0.25, 0.3) is 0 Å². The van der Waals surface area contributed by atoms with Crippen molar-refractivity contribution in [3.8, 4) is 0 Å².